The number of benzene rings is 1. The number of hydrogen-bond donors (Lipinski definition) is 2. The number of amides is 3. The molecule has 0 saturated carbocycles. The number of carbonyl (C=O) groups excluding carboxylic acids is 3. The molecule has 0 bridgehead atoms. The standard InChI is InChI=1S/C17H18N2O4S/c1-3-11-4-6-12(7-5-11)10-14(20)18-16-13(8-9-24-16)15(21)19-17(22)23-2/h4-9H,3,10H2,1-2H3,(H,18,20)(H,19,21,22). The highest BCUT2D eigenvalue weighted by atomic mass is 32.1. The summed E-state index contributed by atoms with van der Waals surface area (Å²) in [7, 11) is 1.17. The molecule has 1 heterocycles. The van der Waals surface area contributed by atoms with Gasteiger partial charge in [0.05, 0.1) is 19.1 Å². The van der Waals surface area contributed by atoms with E-state index in [0.29, 0.717) is 5.00 Å². The third-order valence-corrected chi connectivity index (χ3v) is 4.19. The average molecular weight is 346 g/mol. The summed E-state index contributed by atoms with van der Waals surface area (Å²) in [5, 5.41) is 6.83. The SMILES string of the molecule is CCc1ccc(CC(=O)Nc2sccc2C(=O)NC(=O)OC)cc1. The van der Waals surface area contributed by atoms with Gasteiger partial charge in [0.1, 0.15) is 5.00 Å². The zero-order valence-electron chi connectivity index (χ0n) is 13.4. The molecule has 0 radical (unpaired) electrons. The number of rotatable bonds is 5. The second kappa shape index (κ2) is 8.26. The predicted octanol–water partition coefficient (Wildman–Crippen LogP) is 2.99. The fourth-order valence-electron chi connectivity index (χ4n) is 2.04. The van der Waals surface area contributed by atoms with E-state index >= 15 is 0 Å². The van der Waals surface area contributed by atoms with Crippen molar-refractivity contribution >= 4 is 34.2 Å². The molecule has 7 heteroatoms. The number of ether oxygens (including phenoxy) is 1. The quantitative estimate of drug-likeness (QED) is 0.872. The van der Waals surface area contributed by atoms with Gasteiger partial charge in [0.15, 0.2) is 0 Å². The van der Waals surface area contributed by atoms with Crippen molar-refractivity contribution in [1.29, 1.82) is 0 Å². The van der Waals surface area contributed by atoms with Crippen LogP contribution in [-0.4, -0.2) is 25.0 Å². The molecule has 3 amide bonds. The molecule has 0 fully saturated rings. The summed E-state index contributed by atoms with van der Waals surface area (Å²) in [6.45, 7) is 2.07. The smallest absolute Gasteiger partial charge is 0.413 e. The minimum Gasteiger partial charge on any atom is -0.453 e. The monoisotopic (exact) mass is 346 g/mol. The van der Waals surface area contributed by atoms with E-state index in [2.05, 4.69) is 22.3 Å². The number of anilines is 1. The third-order valence-electron chi connectivity index (χ3n) is 3.36. The highest BCUT2D eigenvalue weighted by molar-refractivity contribution is 7.14. The van der Waals surface area contributed by atoms with Crippen molar-refractivity contribution < 1.29 is 19.1 Å². The van der Waals surface area contributed by atoms with E-state index in [-0.39, 0.29) is 17.9 Å². The van der Waals surface area contributed by atoms with Crippen LogP contribution in [0.1, 0.15) is 28.4 Å². The van der Waals surface area contributed by atoms with Crippen LogP contribution in [0.15, 0.2) is 35.7 Å². The molecular weight excluding hydrogens is 328 g/mol. The Kier molecular flexibility index (Phi) is 6.08. The molecular formula is C17H18N2O4S. The lowest BCUT2D eigenvalue weighted by atomic mass is 10.1. The van der Waals surface area contributed by atoms with Gasteiger partial charge >= 0.3 is 6.09 Å². The third kappa shape index (κ3) is 4.66. The van der Waals surface area contributed by atoms with Gasteiger partial charge in [0.25, 0.3) is 5.91 Å². The van der Waals surface area contributed by atoms with Gasteiger partial charge in [-0.1, -0.05) is 31.2 Å². The van der Waals surface area contributed by atoms with E-state index in [1.807, 2.05) is 24.3 Å². The second-order valence-electron chi connectivity index (χ2n) is 5.00. The van der Waals surface area contributed by atoms with Crippen molar-refractivity contribution in [2.75, 3.05) is 12.4 Å². The molecule has 2 N–H and O–H groups in total. The van der Waals surface area contributed by atoms with Gasteiger partial charge in [-0.2, -0.15) is 0 Å². The first-order valence-electron chi connectivity index (χ1n) is 7.38. The molecule has 126 valence electrons. The van der Waals surface area contributed by atoms with Crippen LogP contribution in [0.25, 0.3) is 0 Å². The first-order valence-corrected chi connectivity index (χ1v) is 8.26. The topological polar surface area (TPSA) is 84.5 Å². The van der Waals surface area contributed by atoms with Crippen molar-refractivity contribution in [1.82, 2.24) is 5.32 Å². The zero-order chi connectivity index (χ0) is 17.5. The highest BCUT2D eigenvalue weighted by Gasteiger charge is 2.17. The number of aryl methyl sites for hydroxylation is 1. The van der Waals surface area contributed by atoms with E-state index in [1.165, 1.54) is 30.1 Å². The first kappa shape index (κ1) is 17.7. The Morgan fingerprint density at radius 3 is 2.38 bits per heavy atom. The Morgan fingerprint density at radius 2 is 1.75 bits per heavy atom. The van der Waals surface area contributed by atoms with Crippen LogP contribution < -0.4 is 10.6 Å². The molecule has 1 aromatic heterocycles. The van der Waals surface area contributed by atoms with E-state index in [0.717, 1.165) is 12.0 Å². The van der Waals surface area contributed by atoms with Crippen molar-refractivity contribution in [2.45, 2.75) is 19.8 Å². The maximum Gasteiger partial charge on any atom is 0.413 e. The van der Waals surface area contributed by atoms with E-state index in [4.69, 9.17) is 0 Å². The van der Waals surface area contributed by atoms with Crippen molar-refractivity contribution in [3.8, 4) is 0 Å². The van der Waals surface area contributed by atoms with E-state index in [1.54, 1.807) is 5.38 Å². The molecule has 0 aliphatic heterocycles. The number of carbonyl (C=O) groups is 3. The largest absolute Gasteiger partial charge is 0.453 e. The summed E-state index contributed by atoms with van der Waals surface area (Å²) in [6, 6.07) is 9.34. The maximum absolute atomic E-state index is 12.2. The molecule has 24 heavy (non-hydrogen) atoms. The number of nitrogens with one attached hydrogen (secondary N) is 2. The molecule has 0 atom stereocenters. The summed E-state index contributed by atoms with van der Waals surface area (Å²) in [5.74, 6) is -0.848. The minimum atomic E-state index is -0.848. The highest BCUT2D eigenvalue weighted by Crippen LogP contribution is 2.23. The lowest BCUT2D eigenvalue weighted by Gasteiger charge is -2.07. The van der Waals surface area contributed by atoms with Crippen LogP contribution in [0.4, 0.5) is 9.80 Å². The molecule has 0 saturated heterocycles. The fraction of sp³-hybridized carbons (Fsp3) is 0.235. The van der Waals surface area contributed by atoms with Gasteiger partial charge in [-0.25, -0.2) is 4.79 Å². The Hall–Kier alpha value is -2.67. The Bertz CT molecular complexity index is 737. The van der Waals surface area contributed by atoms with Gasteiger partial charge in [0.2, 0.25) is 5.91 Å². The Balaban J connectivity index is 2.00. The zero-order valence-corrected chi connectivity index (χ0v) is 14.2. The molecule has 2 aromatic rings. The lowest BCUT2D eigenvalue weighted by molar-refractivity contribution is -0.115. The summed E-state index contributed by atoms with van der Waals surface area (Å²) in [4.78, 5) is 35.2. The first-order chi connectivity index (χ1) is 11.5. The number of methoxy groups -OCH3 is 1. The average Bonchev–Trinajstić information content (AvgIpc) is 3.03. The second-order valence-corrected chi connectivity index (χ2v) is 5.92. The van der Waals surface area contributed by atoms with Crippen LogP contribution in [0.3, 0.4) is 0 Å². The summed E-state index contributed by atoms with van der Waals surface area (Å²) >= 11 is 1.21. The van der Waals surface area contributed by atoms with Gasteiger partial charge in [-0.3, -0.25) is 14.9 Å². The molecule has 0 spiro atoms. The van der Waals surface area contributed by atoms with Crippen molar-refractivity contribution in [3.05, 3.63) is 52.4 Å². The van der Waals surface area contributed by atoms with Gasteiger partial charge in [-0.05, 0) is 29.0 Å². The molecule has 0 aliphatic carbocycles. The Labute approximate surface area is 143 Å². The predicted molar refractivity (Wildman–Crippen MR) is 92.3 cm³/mol. The Morgan fingerprint density at radius 1 is 1.08 bits per heavy atom. The van der Waals surface area contributed by atoms with Gasteiger partial charge in [0, 0.05) is 0 Å². The summed E-state index contributed by atoms with van der Waals surface area (Å²) < 4.78 is 4.38. The van der Waals surface area contributed by atoms with Gasteiger partial charge in [-0.15, -0.1) is 11.3 Å². The molecule has 0 aliphatic rings. The summed E-state index contributed by atoms with van der Waals surface area (Å²) in [5.41, 5.74) is 2.32. The van der Waals surface area contributed by atoms with Crippen LogP contribution in [0.2, 0.25) is 0 Å². The van der Waals surface area contributed by atoms with Crippen LogP contribution in [0, 0.1) is 0 Å². The van der Waals surface area contributed by atoms with Crippen LogP contribution in [0.5, 0.6) is 0 Å². The molecule has 0 unspecified atom stereocenters. The van der Waals surface area contributed by atoms with Crippen molar-refractivity contribution in [2.24, 2.45) is 0 Å². The fourth-order valence-corrected chi connectivity index (χ4v) is 2.85. The number of thiophene rings is 1. The number of hydrogen-bond acceptors (Lipinski definition) is 5. The van der Waals surface area contributed by atoms with E-state index in [9.17, 15) is 14.4 Å². The van der Waals surface area contributed by atoms with Crippen LogP contribution in [-0.2, 0) is 22.4 Å². The molecule has 2 rings (SSSR count). The minimum absolute atomic E-state index is 0.208. The number of imide groups is 1. The number of alkyl carbamates (subject to hydrolysis) is 1. The lowest BCUT2D eigenvalue weighted by Crippen LogP contribution is -2.30. The molecule has 6 nitrogen and oxygen atoms in total. The molecule has 1 aromatic carbocycles. The normalized spacial score (nSPS) is 10.1. The van der Waals surface area contributed by atoms with E-state index < -0.39 is 12.0 Å². The summed E-state index contributed by atoms with van der Waals surface area (Å²) in [6.07, 6.45) is 0.305. The van der Waals surface area contributed by atoms with Gasteiger partial charge < -0.3 is 10.1 Å². The maximum atomic E-state index is 12.2. The van der Waals surface area contributed by atoms with Crippen molar-refractivity contribution in [3.63, 3.8) is 0 Å². The van der Waals surface area contributed by atoms with Crippen LogP contribution >= 0.6 is 11.3 Å².